The van der Waals surface area contributed by atoms with Crippen LogP contribution in [0.1, 0.15) is 20.3 Å². The third-order valence-electron chi connectivity index (χ3n) is 5.05. The molecule has 1 fully saturated rings. The molecule has 9 heteroatoms. The van der Waals surface area contributed by atoms with Gasteiger partial charge in [-0.25, -0.2) is 23.9 Å². The fourth-order valence-corrected chi connectivity index (χ4v) is 4.62. The lowest BCUT2D eigenvalue weighted by Gasteiger charge is -2.37. The number of hydrogen-bond donors (Lipinski definition) is 3. The van der Waals surface area contributed by atoms with Crippen molar-refractivity contribution in [2.45, 2.75) is 25.2 Å². The van der Waals surface area contributed by atoms with Crippen LogP contribution in [0.3, 0.4) is 0 Å². The molecule has 0 bridgehead atoms. The molecule has 1 saturated heterocycles. The third kappa shape index (κ3) is 3.72. The van der Waals surface area contributed by atoms with Gasteiger partial charge in [-0.1, -0.05) is 13.8 Å². The van der Waals surface area contributed by atoms with Crippen molar-refractivity contribution in [3.63, 3.8) is 0 Å². The first-order valence-corrected chi connectivity index (χ1v) is 10.6. The summed E-state index contributed by atoms with van der Waals surface area (Å²) in [6.45, 7) is 6.57. The summed E-state index contributed by atoms with van der Waals surface area (Å²) >= 11 is 0. The van der Waals surface area contributed by atoms with E-state index < -0.39 is 11.0 Å². The molecule has 3 unspecified atom stereocenters. The minimum atomic E-state index is -1.27. The van der Waals surface area contributed by atoms with Crippen LogP contribution in [0.4, 0.5) is 17.2 Å². The fourth-order valence-electron chi connectivity index (χ4n) is 3.97. The van der Waals surface area contributed by atoms with E-state index in [2.05, 4.69) is 48.7 Å². The molecule has 28 heavy (non-hydrogen) atoms. The molecule has 0 amide bonds. The topological polar surface area (TPSA) is 98.8 Å². The van der Waals surface area contributed by atoms with Crippen molar-refractivity contribution in [3.05, 3.63) is 30.9 Å². The molecular formula is C19H25N7OS. The normalized spacial score (nSPS) is 21.0. The molecule has 1 aromatic carbocycles. The van der Waals surface area contributed by atoms with Crippen molar-refractivity contribution in [1.82, 2.24) is 24.7 Å². The zero-order valence-corrected chi connectivity index (χ0v) is 17.1. The number of nitrogens with zero attached hydrogens (tertiary/aromatic N) is 4. The Bertz CT molecular complexity index is 995. The molecule has 2 aromatic heterocycles. The summed E-state index contributed by atoms with van der Waals surface area (Å²) < 4.78 is 15.1. The van der Waals surface area contributed by atoms with E-state index in [-0.39, 0.29) is 0 Å². The standard InChI is InChI=1S/C19H25N7OS/c1-12-6-13(2)9-26(8-12)16-5-4-14(28(27)20-3)7-15(16)25-19-17-18(22-10-21-17)23-11-24-19/h4-5,7,10-13,20H,6,8-9H2,1-3H3,(H2,21,22,23,24,25). The van der Waals surface area contributed by atoms with Gasteiger partial charge in [-0.05, 0) is 43.5 Å². The highest BCUT2D eigenvalue weighted by atomic mass is 32.2. The van der Waals surface area contributed by atoms with E-state index >= 15 is 0 Å². The lowest BCUT2D eigenvalue weighted by atomic mass is 9.91. The number of H-pyrrole nitrogens is 1. The molecule has 0 aliphatic carbocycles. The number of aromatic amines is 1. The van der Waals surface area contributed by atoms with Crippen LogP contribution in [0.2, 0.25) is 0 Å². The van der Waals surface area contributed by atoms with Crippen molar-refractivity contribution >= 4 is 39.3 Å². The van der Waals surface area contributed by atoms with Gasteiger partial charge >= 0.3 is 0 Å². The van der Waals surface area contributed by atoms with Gasteiger partial charge < -0.3 is 15.2 Å². The van der Waals surface area contributed by atoms with Crippen LogP contribution in [-0.4, -0.2) is 44.3 Å². The Balaban J connectivity index is 1.76. The molecule has 3 heterocycles. The van der Waals surface area contributed by atoms with E-state index in [9.17, 15) is 4.21 Å². The quantitative estimate of drug-likeness (QED) is 0.610. The summed E-state index contributed by atoms with van der Waals surface area (Å²) in [5.41, 5.74) is 3.31. The van der Waals surface area contributed by atoms with Gasteiger partial charge in [0, 0.05) is 13.1 Å². The number of piperidine rings is 1. The van der Waals surface area contributed by atoms with E-state index in [1.165, 1.54) is 12.7 Å². The lowest BCUT2D eigenvalue weighted by Crippen LogP contribution is -2.39. The van der Waals surface area contributed by atoms with Crippen LogP contribution >= 0.6 is 0 Å². The molecule has 0 saturated carbocycles. The lowest BCUT2D eigenvalue weighted by molar-refractivity contribution is 0.357. The van der Waals surface area contributed by atoms with E-state index in [0.29, 0.717) is 28.2 Å². The average molecular weight is 400 g/mol. The summed E-state index contributed by atoms with van der Waals surface area (Å²) in [7, 11) is 0.418. The van der Waals surface area contributed by atoms with E-state index in [1.54, 1.807) is 13.4 Å². The maximum atomic E-state index is 12.3. The second kappa shape index (κ2) is 7.84. The van der Waals surface area contributed by atoms with E-state index in [1.807, 2.05) is 18.2 Å². The van der Waals surface area contributed by atoms with E-state index in [0.717, 1.165) is 30.0 Å². The molecule has 3 aromatic rings. The Labute approximate surface area is 166 Å². The molecule has 4 rings (SSSR count). The first kappa shape index (κ1) is 18.8. The highest BCUT2D eigenvalue weighted by Gasteiger charge is 2.24. The molecule has 3 atom stereocenters. The van der Waals surface area contributed by atoms with Crippen molar-refractivity contribution in [2.24, 2.45) is 11.8 Å². The highest BCUT2D eigenvalue weighted by molar-refractivity contribution is 7.83. The summed E-state index contributed by atoms with van der Waals surface area (Å²) in [6.07, 6.45) is 4.33. The van der Waals surface area contributed by atoms with Gasteiger partial charge in [0.2, 0.25) is 0 Å². The second-order valence-corrected chi connectivity index (χ2v) is 8.87. The smallest absolute Gasteiger partial charge is 0.182 e. The number of fused-ring (bicyclic) bond motifs is 1. The predicted molar refractivity (Wildman–Crippen MR) is 112 cm³/mol. The Morgan fingerprint density at radius 1 is 1.18 bits per heavy atom. The van der Waals surface area contributed by atoms with Gasteiger partial charge in [-0.15, -0.1) is 0 Å². The average Bonchev–Trinajstić information content (AvgIpc) is 3.16. The highest BCUT2D eigenvalue weighted by Crippen LogP contribution is 2.35. The minimum Gasteiger partial charge on any atom is -0.369 e. The van der Waals surface area contributed by atoms with Crippen LogP contribution in [-0.2, 0) is 11.0 Å². The zero-order valence-electron chi connectivity index (χ0n) is 16.3. The molecular weight excluding hydrogens is 374 g/mol. The molecule has 148 valence electrons. The van der Waals surface area contributed by atoms with Crippen molar-refractivity contribution in [2.75, 3.05) is 30.4 Å². The van der Waals surface area contributed by atoms with Gasteiger partial charge in [0.1, 0.15) is 22.8 Å². The number of rotatable bonds is 5. The van der Waals surface area contributed by atoms with E-state index in [4.69, 9.17) is 0 Å². The Hall–Kier alpha value is -2.52. The van der Waals surface area contributed by atoms with Crippen LogP contribution in [0.5, 0.6) is 0 Å². The maximum Gasteiger partial charge on any atom is 0.182 e. The molecule has 0 radical (unpaired) electrons. The zero-order chi connectivity index (χ0) is 19.7. The number of anilines is 3. The van der Waals surface area contributed by atoms with Gasteiger partial charge in [0.05, 0.1) is 22.6 Å². The molecule has 8 nitrogen and oxygen atoms in total. The summed E-state index contributed by atoms with van der Waals surface area (Å²) in [6, 6.07) is 5.89. The number of imidazole rings is 1. The third-order valence-corrected chi connectivity index (χ3v) is 6.11. The van der Waals surface area contributed by atoms with Gasteiger partial charge in [0.15, 0.2) is 11.5 Å². The summed E-state index contributed by atoms with van der Waals surface area (Å²) in [5.74, 6) is 1.90. The van der Waals surface area contributed by atoms with Crippen LogP contribution in [0.15, 0.2) is 35.7 Å². The second-order valence-electron chi connectivity index (χ2n) is 7.45. The van der Waals surface area contributed by atoms with Gasteiger partial charge in [-0.2, -0.15) is 0 Å². The molecule has 1 aliphatic rings. The monoisotopic (exact) mass is 399 g/mol. The Morgan fingerprint density at radius 3 is 2.71 bits per heavy atom. The maximum absolute atomic E-state index is 12.3. The van der Waals surface area contributed by atoms with Crippen molar-refractivity contribution < 1.29 is 4.21 Å². The van der Waals surface area contributed by atoms with Crippen LogP contribution < -0.4 is 14.9 Å². The van der Waals surface area contributed by atoms with Gasteiger partial charge in [-0.3, -0.25) is 0 Å². The number of hydrogen-bond acceptors (Lipinski definition) is 6. The Morgan fingerprint density at radius 2 is 1.96 bits per heavy atom. The Kier molecular flexibility index (Phi) is 5.27. The van der Waals surface area contributed by atoms with Crippen molar-refractivity contribution in [1.29, 1.82) is 0 Å². The van der Waals surface area contributed by atoms with Gasteiger partial charge in [0.25, 0.3) is 0 Å². The number of aromatic nitrogens is 4. The number of nitrogens with one attached hydrogen (secondary N) is 3. The largest absolute Gasteiger partial charge is 0.369 e. The first-order chi connectivity index (χ1) is 13.5. The first-order valence-electron chi connectivity index (χ1n) is 9.44. The summed E-state index contributed by atoms with van der Waals surface area (Å²) in [4.78, 5) is 18.9. The van der Waals surface area contributed by atoms with Crippen molar-refractivity contribution in [3.8, 4) is 0 Å². The van der Waals surface area contributed by atoms with Crippen LogP contribution in [0, 0.1) is 11.8 Å². The molecule has 3 N–H and O–H groups in total. The number of benzene rings is 1. The van der Waals surface area contributed by atoms with Crippen LogP contribution in [0.25, 0.3) is 11.2 Å². The summed E-state index contributed by atoms with van der Waals surface area (Å²) in [5, 5.41) is 3.42. The molecule has 1 aliphatic heterocycles. The molecule has 0 spiro atoms. The minimum absolute atomic E-state index is 0.606. The SMILES string of the molecule is CNS(=O)c1ccc(N2CC(C)CC(C)C2)c(Nc2ncnc3nc[nH]c23)c1. The predicted octanol–water partition coefficient (Wildman–Crippen LogP) is 2.82. The fraction of sp³-hybridized carbons (Fsp3) is 0.421.